The lowest BCUT2D eigenvalue weighted by Crippen LogP contribution is -1.99. The van der Waals surface area contributed by atoms with E-state index in [1.165, 1.54) is 56.1 Å². The van der Waals surface area contributed by atoms with Gasteiger partial charge in [-0.15, -0.1) is 0 Å². The molecule has 1 aromatic rings. The van der Waals surface area contributed by atoms with E-state index in [1.807, 2.05) is 12.3 Å². The fourth-order valence-corrected chi connectivity index (χ4v) is 3.46. The minimum absolute atomic E-state index is 0.729. The van der Waals surface area contributed by atoms with Gasteiger partial charge in [-0.1, -0.05) is 45.6 Å². The first-order valence-electron chi connectivity index (χ1n) is 9.31. The first kappa shape index (κ1) is 17.9. The molecule has 1 aliphatic rings. The largest absolute Gasteiger partial charge is 0.493 e. The Labute approximate surface area is 141 Å². The van der Waals surface area contributed by atoms with Crippen molar-refractivity contribution in [3.63, 3.8) is 0 Å². The van der Waals surface area contributed by atoms with Crippen LogP contribution in [0.4, 0.5) is 0 Å². The molecule has 1 aromatic carbocycles. The van der Waals surface area contributed by atoms with E-state index in [1.54, 1.807) is 7.11 Å². The van der Waals surface area contributed by atoms with E-state index in [4.69, 9.17) is 9.47 Å². The second-order valence-corrected chi connectivity index (χ2v) is 6.63. The number of aryl methyl sites for hydroxylation is 1. The van der Waals surface area contributed by atoms with E-state index in [-0.39, 0.29) is 0 Å². The van der Waals surface area contributed by atoms with Gasteiger partial charge in [0.2, 0.25) is 0 Å². The highest BCUT2D eigenvalue weighted by molar-refractivity contribution is 5.43. The Morgan fingerprint density at radius 3 is 2.74 bits per heavy atom. The normalized spacial score (nSPS) is 19.3. The molecule has 23 heavy (non-hydrogen) atoms. The Hall–Kier alpha value is -1.44. The number of ether oxygens (including phenoxy) is 2. The number of rotatable bonds is 9. The van der Waals surface area contributed by atoms with Gasteiger partial charge >= 0.3 is 0 Å². The molecule has 2 rings (SSSR count). The highest BCUT2D eigenvalue weighted by atomic mass is 16.5. The van der Waals surface area contributed by atoms with Crippen LogP contribution >= 0.6 is 0 Å². The van der Waals surface area contributed by atoms with Gasteiger partial charge in [-0.25, -0.2) is 0 Å². The average Bonchev–Trinajstić information content (AvgIpc) is 3.01. The molecular weight excluding hydrogens is 284 g/mol. The Morgan fingerprint density at radius 2 is 2.00 bits per heavy atom. The number of hydrogen-bond acceptors (Lipinski definition) is 2. The Morgan fingerprint density at radius 1 is 1.13 bits per heavy atom. The maximum absolute atomic E-state index is 5.99. The van der Waals surface area contributed by atoms with E-state index >= 15 is 0 Å². The van der Waals surface area contributed by atoms with Crippen LogP contribution in [0.1, 0.15) is 70.8 Å². The monoisotopic (exact) mass is 316 g/mol. The predicted octanol–water partition coefficient (Wildman–Crippen LogP) is 6.29. The summed E-state index contributed by atoms with van der Waals surface area (Å²) in [7, 11) is 1.72. The van der Waals surface area contributed by atoms with Crippen molar-refractivity contribution in [3.05, 3.63) is 35.6 Å². The van der Waals surface area contributed by atoms with Crippen LogP contribution < -0.4 is 9.47 Å². The quantitative estimate of drug-likeness (QED) is 0.393. The molecule has 0 spiro atoms. The molecule has 0 radical (unpaired) electrons. The standard InChI is InChI=1S/C21H32O2/c1-4-6-7-10-18-11-8-12-19(18)16-23-20-14-13-17(9-5-2)15-21(20)22-3/h13-16,18H,4-12H2,1-3H3. The van der Waals surface area contributed by atoms with Crippen molar-refractivity contribution < 1.29 is 9.47 Å². The fraction of sp³-hybridized carbons (Fsp3) is 0.619. The van der Waals surface area contributed by atoms with Gasteiger partial charge in [0.15, 0.2) is 11.5 Å². The first-order chi connectivity index (χ1) is 11.3. The van der Waals surface area contributed by atoms with Crippen molar-refractivity contribution >= 4 is 0 Å². The average molecular weight is 316 g/mol. The molecule has 0 saturated heterocycles. The highest BCUT2D eigenvalue weighted by Crippen LogP contribution is 2.36. The highest BCUT2D eigenvalue weighted by Gasteiger charge is 2.21. The van der Waals surface area contributed by atoms with Gasteiger partial charge in [0.1, 0.15) is 0 Å². The zero-order valence-electron chi connectivity index (χ0n) is 15.1. The maximum Gasteiger partial charge on any atom is 0.168 e. The van der Waals surface area contributed by atoms with Gasteiger partial charge in [0.05, 0.1) is 13.4 Å². The summed E-state index contributed by atoms with van der Waals surface area (Å²) in [5, 5.41) is 0. The predicted molar refractivity (Wildman–Crippen MR) is 97.2 cm³/mol. The lowest BCUT2D eigenvalue weighted by atomic mass is 9.96. The third kappa shape index (κ3) is 5.30. The van der Waals surface area contributed by atoms with Gasteiger partial charge in [-0.2, -0.15) is 0 Å². The topological polar surface area (TPSA) is 18.5 Å². The van der Waals surface area contributed by atoms with Gasteiger partial charge in [-0.05, 0) is 61.3 Å². The van der Waals surface area contributed by atoms with Crippen LogP contribution in [0.2, 0.25) is 0 Å². The van der Waals surface area contributed by atoms with Crippen molar-refractivity contribution in [2.45, 2.75) is 71.6 Å². The van der Waals surface area contributed by atoms with Gasteiger partial charge in [0, 0.05) is 0 Å². The lowest BCUT2D eigenvalue weighted by Gasteiger charge is -2.13. The molecule has 0 aliphatic heterocycles. The molecule has 0 aromatic heterocycles. The minimum Gasteiger partial charge on any atom is -0.493 e. The fourth-order valence-electron chi connectivity index (χ4n) is 3.46. The molecule has 0 heterocycles. The molecule has 0 amide bonds. The number of allylic oxidation sites excluding steroid dienone is 1. The first-order valence-corrected chi connectivity index (χ1v) is 9.31. The zero-order chi connectivity index (χ0) is 16.5. The molecule has 128 valence electrons. The molecule has 1 atom stereocenters. The molecule has 1 saturated carbocycles. The second-order valence-electron chi connectivity index (χ2n) is 6.63. The second kappa shape index (κ2) is 9.64. The molecule has 1 unspecified atom stereocenters. The minimum atomic E-state index is 0.729. The van der Waals surface area contributed by atoms with Gasteiger partial charge in [-0.3, -0.25) is 0 Å². The third-order valence-corrected chi connectivity index (χ3v) is 4.80. The lowest BCUT2D eigenvalue weighted by molar-refractivity contribution is 0.374. The van der Waals surface area contributed by atoms with E-state index < -0.39 is 0 Å². The Balaban J connectivity index is 2.00. The van der Waals surface area contributed by atoms with Crippen LogP contribution in [0.25, 0.3) is 0 Å². The Bertz CT molecular complexity index is 505. The van der Waals surface area contributed by atoms with Crippen LogP contribution in [-0.2, 0) is 6.42 Å². The van der Waals surface area contributed by atoms with Gasteiger partial charge < -0.3 is 9.47 Å². The molecule has 0 bridgehead atoms. The number of methoxy groups -OCH3 is 1. The van der Waals surface area contributed by atoms with Crippen molar-refractivity contribution in [1.82, 2.24) is 0 Å². The summed E-state index contributed by atoms with van der Waals surface area (Å²) in [5.41, 5.74) is 2.79. The number of hydrogen-bond donors (Lipinski definition) is 0. The van der Waals surface area contributed by atoms with Crippen LogP contribution in [0, 0.1) is 5.92 Å². The van der Waals surface area contributed by atoms with Crippen molar-refractivity contribution in [3.8, 4) is 11.5 Å². The maximum atomic E-state index is 5.99. The van der Waals surface area contributed by atoms with E-state index in [0.29, 0.717) is 0 Å². The van der Waals surface area contributed by atoms with Crippen LogP contribution in [0.15, 0.2) is 30.0 Å². The molecule has 0 N–H and O–H groups in total. The van der Waals surface area contributed by atoms with Crippen LogP contribution in [-0.4, -0.2) is 7.11 Å². The van der Waals surface area contributed by atoms with Crippen molar-refractivity contribution in [1.29, 1.82) is 0 Å². The SMILES string of the molecule is CCCCCC1CCCC1=COc1ccc(CCC)cc1OC. The summed E-state index contributed by atoms with van der Waals surface area (Å²) in [6, 6.07) is 6.29. The number of benzene rings is 1. The van der Waals surface area contributed by atoms with E-state index in [0.717, 1.165) is 30.3 Å². The molecule has 1 aliphatic carbocycles. The number of unbranched alkanes of at least 4 members (excludes halogenated alkanes) is 2. The Kier molecular flexibility index (Phi) is 7.51. The molecular formula is C21H32O2. The van der Waals surface area contributed by atoms with E-state index in [2.05, 4.69) is 26.0 Å². The smallest absolute Gasteiger partial charge is 0.168 e. The third-order valence-electron chi connectivity index (χ3n) is 4.80. The van der Waals surface area contributed by atoms with E-state index in [9.17, 15) is 0 Å². The molecule has 1 fully saturated rings. The summed E-state index contributed by atoms with van der Waals surface area (Å²) in [6.07, 6.45) is 13.3. The summed E-state index contributed by atoms with van der Waals surface area (Å²) in [4.78, 5) is 0. The van der Waals surface area contributed by atoms with Crippen LogP contribution in [0.5, 0.6) is 11.5 Å². The van der Waals surface area contributed by atoms with Crippen LogP contribution in [0.3, 0.4) is 0 Å². The summed E-state index contributed by atoms with van der Waals surface area (Å²) in [5.74, 6) is 2.40. The zero-order valence-corrected chi connectivity index (χ0v) is 15.1. The summed E-state index contributed by atoms with van der Waals surface area (Å²) >= 11 is 0. The summed E-state index contributed by atoms with van der Waals surface area (Å²) in [6.45, 7) is 4.46. The summed E-state index contributed by atoms with van der Waals surface area (Å²) < 4.78 is 11.5. The van der Waals surface area contributed by atoms with Crippen molar-refractivity contribution in [2.24, 2.45) is 5.92 Å². The van der Waals surface area contributed by atoms with Crippen molar-refractivity contribution in [2.75, 3.05) is 7.11 Å². The van der Waals surface area contributed by atoms with Gasteiger partial charge in [0.25, 0.3) is 0 Å². The molecule has 2 nitrogen and oxygen atoms in total. The molecule has 2 heteroatoms.